The first-order valence-corrected chi connectivity index (χ1v) is 7.10. The number of carbonyl (C=O) groups excluding carboxylic acids is 1. The van der Waals surface area contributed by atoms with Gasteiger partial charge >= 0.3 is 5.97 Å². The third-order valence-corrected chi connectivity index (χ3v) is 4.23. The van der Waals surface area contributed by atoms with Crippen LogP contribution in [-0.2, 0) is 9.59 Å². The molecule has 1 saturated carbocycles. The Balaban J connectivity index is 2.02. The molecule has 2 rings (SSSR count). The van der Waals surface area contributed by atoms with Crippen LogP contribution in [-0.4, -0.2) is 29.6 Å². The molecule has 0 aliphatic heterocycles. The fourth-order valence-corrected chi connectivity index (χ4v) is 2.38. The molecule has 0 spiro atoms. The third-order valence-electron chi connectivity index (χ3n) is 4.23. The van der Waals surface area contributed by atoms with Gasteiger partial charge in [0.1, 0.15) is 11.3 Å². The summed E-state index contributed by atoms with van der Waals surface area (Å²) >= 11 is 0. The van der Waals surface area contributed by atoms with Gasteiger partial charge in [0.25, 0.3) is 0 Å². The first-order valence-electron chi connectivity index (χ1n) is 7.10. The molecule has 1 fully saturated rings. The third kappa shape index (κ3) is 3.17. The second kappa shape index (κ2) is 5.76. The van der Waals surface area contributed by atoms with E-state index in [4.69, 9.17) is 4.74 Å². The van der Waals surface area contributed by atoms with E-state index in [0.29, 0.717) is 6.42 Å². The van der Waals surface area contributed by atoms with Crippen LogP contribution < -0.4 is 10.1 Å². The lowest BCUT2D eigenvalue weighted by Crippen LogP contribution is -2.52. The maximum Gasteiger partial charge on any atom is 0.329 e. The van der Waals surface area contributed by atoms with E-state index in [-0.39, 0.29) is 17.7 Å². The first-order chi connectivity index (χ1) is 9.91. The number of ether oxygens (including phenoxy) is 1. The summed E-state index contributed by atoms with van der Waals surface area (Å²) in [5.74, 6) is -0.425. The molecule has 114 valence electrons. The molecule has 1 aliphatic carbocycles. The summed E-state index contributed by atoms with van der Waals surface area (Å²) in [5, 5.41) is 11.9. The SMILES string of the molecule is CCC(C)(NC(=O)C1CC1c1cccc(OC)c1)C(=O)O. The van der Waals surface area contributed by atoms with Crippen molar-refractivity contribution < 1.29 is 19.4 Å². The molecule has 2 N–H and O–H groups in total. The Labute approximate surface area is 124 Å². The Bertz CT molecular complexity index is 557. The van der Waals surface area contributed by atoms with E-state index in [1.165, 1.54) is 6.92 Å². The predicted molar refractivity (Wildman–Crippen MR) is 78.3 cm³/mol. The van der Waals surface area contributed by atoms with Crippen LogP contribution in [0.2, 0.25) is 0 Å². The van der Waals surface area contributed by atoms with E-state index in [1.54, 1.807) is 14.0 Å². The number of amides is 1. The first kappa shape index (κ1) is 15.4. The van der Waals surface area contributed by atoms with Crippen LogP contribution in [0.4, 0.5) is 0 Å². The maximum atomic E-state index is 12.2. The van der Waals surface area contributed by atoms with Gasteiger partial charge in [-0.1, -0.05) is 19.1 Å². The van der Waals surface area contributed by atoms with E-state index in [1.807, 2.05) is 24.3 Å². The summed E-state index contributed by atoms with van der Waals surface area (Å²) in [6.45, 7) is 3.29. The van der Waals surface area contributed by atoms with Crippen LogP contribution in [0, 0.1) is 5.92 Å². The van der Waals surface area contributed by atoms with Crippen LogP contribution in [0.5, 0.6) is 5.75 Å². The number of benzene rings is 1. The minimum absolute atomic E-state index is 0.148. The molecule has 0 bridgehead atoms. The molecule has 1 aromatic rings. The zero-order valence-corrected chi connectivity index (χ0v) is 12.6. The highest BCUT2D eigenvalue weighted by Crippen LogP contribution is 2.48. The minimum atomic E-state index is -1.20. The zero-order chi connectivity index (χ0) is 15.6. The summed E-state index contributed by atoms with van der Waals surface area (Å²) in [6.07, 6.45) is 1.10. The number of nitrogens with one attached hydrogen (secondary N) is 1. The lowest BCUT2D eigenvalue weighted by molar-refractivity contribution is -0.147. The fourth-order valence-electron chi connectivity index (χ4n) is 2.38. The van der Waals surface area contributed by atoms with Gasteiger partial charge in [-0.05, 0) is 43.4 Å². The van der Waals surface area contributed by atoms with Gasteiger partial charge in [0, 0.05) is 5.92 Å². The van der Waals surface area contributed by atoms with Crippen molar-refractivity contribution in [2.75, 3.05) is 7.11 Å². The van der Waals surface area contributed by atoms with Gasteiger partial charge in [0.15, 0.2) is 0 Å². The molecule has 5 heteroatoms. The number of rotatable bonds is 6. The lowest BCUT2D eigenvalue weighted by atomic mass is 9.98. The summed E-state index contributed by atoms with van der Waals surface area (Å²) in [4.78, 5) is 23.5. The highest BCUT2D eigenvalue weighted by atomic mass is 16.5. The molecule has 1 aliphatic rings. The Morgan fingerprint density at radius 3 is 2.76 bits per heavy atom. The van der Waals surface area contributed by atoms with Crippen molar-refractivity contribution in [3.8, 4) is 5.75 Å². The Morgan fingerprint density at radius 1 is 1.48 bits per heavy atom. The van der Waals surface area contributed by atoms with Crippen molar-refractivity contribution in [3.63, 3.8) is 0 Å². The molecule has 0 heterocycles. The summed E-state index contributed by atoms with van der Waals surface area (Å²) in [7, 11) is 1.61. The number of methoxy groups -OCH3 is 1. The number of hydrogen-bond donors (Lipinski definition) is 2. The summed E-state index contributed by atoms with van der Waals surface area (Å²) in [5.41, 5.74) is -0.137. The van der Waals surface area contributed by atoms with E-state index >= 15 is 0 Å². The van der Waals surface area contributed by atoms with Gasteiger partial charge in [-0.25, -0.2) is 4.79 Å². The molecule has 5 nitrogen and oxygen atoms in total. The van der Waals surface area contributed by atoms with Crippen LogP contribution in [0.3, 0.4) is 0 Å². The van der Waals surface area contributed by atoms with Crippen molar-refractivity contribution in [1.29, 1.82) is 0 Å². The van der Waals surface area contributed by atoms with Gasteiger partial charge in [0.2, 0.25) is 5.91 Å². The van der Waals surface area contributed by atoms with Gasteiger partial charge < -0.3 is 15.2 Å². The molecular weight excluding hydrogens is 270 g/mol. The molecule has 21 heavy (non-hydrogen) atoms. The maximum absolute atomic E-state index is 12.2. The fraction of sp³-hybridized carbons (Fsp3) is 0.500. The van der Waals surface area contributed by atoms with Crippen LogP contribution >= 0.6 is 0 Å². The average Bonchev–Trinajstić information content (AvgIpc) is 3.27. The smallest absolute Gasteiger partial charge is 0.329 e. The molecule has 0 aromatic heterocycles. The largest absolute Gasteiger partial charge is 0.497 e. The number of hydrogen-bond acceptors (Lipinski definition) is 3. The molecular formula is C16H21NO4. The van der Waals surface area contributed by atoms with E-state index in [2.05, 4.69) is 5.32 Å². The topological polar surface area (TPSA) is 75.6 Å². The van der Waals surface area contributed by atoms with E-state index in [0.717, 1.165) is 17.7 Å². The molecule has 0 saturated heterocycles. The van der Waals surface area contributed by atoms with Gasteiger partial charge in [-0.15, -0.1) is 0 Å². The number of aliphatic carboxylic acids is 1. The van der Waals surface area contributed by atoms with Crippen molar-refractivity contribution in [2.24, 2.45) is 5.92 Å². The van der Waals surface area contributed by atoms with Crippen molar-refractivity contribution >= 4 is 11.9 Å². The molecule has 3 atom stereocenters. The molecule has 3 unspecified atom stereocenters. The Hall–Kier alpha value is -2.04. The average molecular weight is 291 g/mol. The van der Waals surface area contributed by atoms with Crippen LogP contribution in [0.15, 0.2) is 24.3 Å². The zero-order valence-electron chi connectivity index (χ0n) is 12.6. The second-order valence-corrected chi connectivity index (χ2v) is 5.71. The summed E-state index contributed by atoms with van der Waals surface area (Å²) in [6, 6.07) is 7.65. The van der Waals surface area contributed by atoms with Crippen molar-refractivity contribution in [3.05, 3.63) is 29.8 Å². The Morgan fingerprint density at radius 2 is 2.19 bits per heavy atom. The number of carboxylic acid groups (broad SMARTS) is 1. The molecule has 0 radical (unpaired) electrons. The van der Waals surface area contributed by atoms with Gasteiger partial charge in [0.05, 0.1) is 7.11 Å². The minimum Gasteiger partial charge on any atom is -0.497 e. The van der Waals surface area contributed by atoms with Crippen LogP contribution in [0.1, 0.15) is 38.2 Å². The quantitative estimate of drug-likeness (QED) is 0.842. The monoisotopic (exact) mass is 291 g/mol. The predicted octanol–water partition coefficient (Wildman–Crippen LogP) is 2.17. The highest BCUT2D eigenvalue weighted by Gasteiger charge is 2.46. The van der Waals surface area contributed by atoms with Gasteiger partial charge in [-0.3, -0.25) is 4.79 Å². The second-order valence-electron chi connectivity index (χ2n) is 5.71. The molecule has 1 aromatic carbocycles. The van der Waals surface area contributed by atoms with Crippen molar-refractivity contribution in [1.82, 2.24) is 5.32 Å². The summed E-state index contributed by atoms with van der Waals surface area (Å²) < 4.78 is 5.18. The van der Waals surface area contributed by atoms with Crippen LogP contribution in [0.25, 0.3) is 0 Å². The highest BCUT2D eigenvalue weighted by molar-refractivity contribution is 5.89. The number of carbonyl (C=O) groups is 2. The number of carboxylic acids is 1. The van der Waals surface area contributed by atoms with E-state index in [9.17, 15) is 14.7 Å². The molecule has 1 amide bonds. The van der Waals surface area contributed by atoms with Crippen molar-refractivity contribution in [2.45, 2.75) is 38.1 Å². The lowest BCUT2D eigenvalue weighted by Gasteiger charge is -2.24. The normalized spacial score (nSPS) is 23.0. The van der Waals surface area contributed by atoms with Gasteiger partial charge in [-0.2, -0.15) is 0 Å². The Kier molecular flexibility index (Phi) is 4.21. The standard InChI is InChI=1S/C16H21NO4/c1-4-16(2,15(19)20)17-14(18)13-9-12(13)10-6-5-7-11(8-10)21-3/h5-8,12-13H,4,9H2,1-3H3,(H,17,18)(H,19,20). The van der Waals surface area contributed by atoms with E-state index < -0.39 is 11.5 Å².